The molecule has 4 heteroatoms. The van der Waals surface area contributed by atoms with Crippen molar-refractivity contribution in [2.75, 3.05) is 0 Å². The fourth-order valence-corrected chi connectivity index (χ4v) is 0.874. The number of nitrogens with two attached hydrogens (primary N) is 1. The molecular formula is C7H11N3O. The molecular weight excluding hydrogens is 142 g/mol. The summed E-state index contributed by atoms with van der Waals surface area (Å²) >= 11 is 0. The van der Waals surface area contributed by atoms with Gasteiger partial charge in [0.15, 0.2) is 0 Å². The SMILES string of the molecule is CCCc1ccn(C(N)=O)n1. The van der Waals surface area contributed by atoms with Crippen LogP contribution in [-0.4, -0.2) is 15.8 Å². The molecule has 0 aliphatic rings. The maximum Gasteiger partial charge on any atom is 0.339 e. The van der Waals surface area contributed by atoms with Gasteiger partial charge in [-0.3, -0.25) is 0 Å². The molecule has 0 fully saturated rings. The summed E-state index contributed by atoms with van der Waals surface area (Å²) in [7, 11) is 0. The van der Waals surface area contributed by atoms with Crippen molar-refractivity contribution in [1.29, 1.82) is 0 Å². The second kappa shape index (κ2) is 3.18. The quantitative estimate of drug-likeness (QED) is 0.681. The monoisotopic (exact) mass is 153 g/mol. The number of nitrogens with zero attached hydrogens (tertiary/aromatic N) is 2. The fourth-order valence-electron chi connectivity index (χ4n) is 0.874. The van der Waals surface area contributed by atoms with E-state index in [1.54, 1.807) is 12.3 Å². The topological polar surface area (TPSA) is 60.9 Å². The van der Waals surface area contributed by atoms with E-state index in [2.05, 4.69) is 12.0 Å². The Kier molecular flexibility index (Phi) is 2.25. The number of hydrogen-bond acceptors (Lipinski definition) is 2. The molecule has 1 aromatic rings. The third kappa shape index (κ3) is 1.80. The molecule has 0 spiro atoms. The lowest BCUT2D eigenvalue weighted by Gasteiger charge is -1.91. The normalized spacial score (nSPS) is 9.91. The van der Waals surface area contributed by atoms with Gasteiger partial charge in [0.2, 0.25) is 0 Å². The third-order valence-corrected chi connectivity index (χ3v) is 1.38. The molecule has 60 valence electrons. The molecule has 1 aromatic heterocycles. The molecule has 0 saturated carbocycles. The largest absolute Gasteiger partial charge is 0.350 e. The minimum atomic E-state index is -0.535. The summed E-state index contributed by atoms with van der Waals surface area (Å²) in [6.07, 6.45) is 3.49. The van der Waals surface area contributed by atoms with E-state index >= 15 is 0 Å². The molecule has 2 N–H and O–H groups in total. The van der Waals surface area contributed by atoms with Crippen LogP contribution in [0.3, 0.4) is 0 Å². The minimum Gasteiger partial charge on any atom is -0.350 e. The molecule has 0 aliphatic heterocycles. The van der Waals surface area contributed by atoms with Crippen LogP contribution in [0.5, 0.6) is 0 Å². The van der Waals surface area contributed by atoms with E-state index in [1.807, 2.05) is 0 Å². The standard InChI is InChI=1S/C7H11N3O/c1-2-3-6-4-5-10(9-6)7(8)11/h4-5H,2-3H2,1H3,(H2,8,11). The van der Waals surface area contributed by atoms with Gasteiger partial charge in [-0.05, 0) is 12.5 Å². The van der Waals surface area contributed by atoms with Gasteiger partial charge in [0.05, 0.1) is 5.69 Å². The van der Waals surface area contributed by atoms with Gasteiger partial charge in [0, 0.05) is 6.20 Å². The number of carbonyl (C=O) groups is 1. The Morgan fingerprint density at radius 2 is 2.55 bits per heavy atom. The van der Waals surface area contributed by atoms with E-state index in [0.29, 0.717) is 0 Å². The van der Waals surface area contributed by atoms with Gasteiger partial charge in [-0.25, -0.2) is 4.79 Å². The van der Waals surface area contributed by atoms with Gasteiger partial charge >= 0.3 is 6.03 Å². The van der Waals surface area contributed by atoms with Crippen LogP contribution < -0.4 is 5.73 Å². The van der Waals surface area contributed by atoms with Crippen molar-refractivity contribution in [3.63, 3.8) is 0 Å². The van der Waals surface area contributed by atoms with E-state index in [4.69, 9.17) is 5.73 Å². The van der Waals surface area contributed by atoms with E-state index in [-0.39, 0.29) is 0 Å². The minimum absolute atomic E-state index is 0.535. The fraction of sp³-hybridized carbons (Fsp3) is 0.429. The zero-order chi connectivity index (χ0) is 8.27. The Balaban J connectivity index is 2.73. The molecule has 0 saturated heterocycles. The summed E-state index contributed by atoms with van der Waals surface area (Å²) in [5, 5.41) is 3.94. The summed E-state index contributed by atoms with van der Waals surface area (Å²) in [6, 6.07) is 1.27. The molecule has 0 atom stereocenters. The summed E-state index contributed by atoms with van der Waals surface area (Å²) in [5.74, 6) is 0. The van der Waals surface area contributed by atoms with Crippen LogP contribution in [0, 0.1) is 0 Å². The lowest BCUT2D eigenvalue weighted by atomic mass is 10.3. The number of rotatable bonds is 2. The van der Waals surface area contributed by atoms with Gasteiger partial charge in [0.1, 0.15) is 0 Å². The lowest BCUT2D eigenvalue weighted by Crippen LogP contribution is -2.19. The lowest BCUT2D eigenvalue weighted by molar-refractivity contribution is 0.247. The van der Waals surface area contributed by atoms with Crippen LogP contribution in [0.1, 0.15) is 19.0 Å². The zero-order valence-electron chi connectivity index (χ0n) is 6.45. The highest BCUT2D eigenvalue weighted by Crippen LogP contribution is 1.98. The maximum atomic E-state index is 10.5. The summed E-state index contributed by atoms with van der Waals surface area (Å²) in [6.45, 7) is 2.06. The Morgan fingerprint density at radius 1 is 1.82 bits per heavy atom. The van der Waals surface area contributed by atoms with Crippen molar-refractivity contribution in [2.24, 2.45) is 5.73 Å². The molecule has 1 heterocycles. The van der Waals surface area contributed by atoms with Crippen LogP contribution in [0.2, 0.25) is 0 Å². The van der Waals surface area contributed by atoms with Gasteiger partial charge in [-0.15, -0.1) is 0 Å². The summed E-state index contributed by atoms with van der Waals surface area (Å²) in [4.78, 5) is 10.5. The van der Waals surface area contributed by atoms with E-state index < -0.39 is 6.03 Å². The zero-order valence-corrected chi connectivity index (χ0v) is 6.45. The molecule has 0 unspecified atom stereocenters. The number of hydrogen-bond donors (Lipinski definition) is 1. The van der Waals surface area contributed by atoms with Crippen LogP contribution in [0.25, 0.3) is 0 Å². The molecule has 0 radical (unpaired) electrons. The second-order valence-electron chi connectivity index (χ2n) is 2.34. The number of aromatic nitrogens is 2. The summed E-state index contributed by atoms with van der Waals surface area (Å²) in [5.41, 5.74) is 5.89. The van der Waals surface area contributed by atoms with Crippen LogP contribution in [0.15, 0.2) is 12.3 Å². The molecule has 1 amide bonds. The molecule has 11 heavy (non-hydrogen) atoms. The molecule has 0 aliphatic carbocycles. The first kappa shape index (κ1) is 7.78. The van der Waals surface area contributed by atoms with E-state index in [0.717, 1.165) is 23.2 Å². The Labute approximate surface area is 65.0 Å². The average molecular weight is 153 g/mol. The molecule has 1 rings (SSSR count). The number of carbonyl (C=O) groups excluding carboxylic acids is 1. The van der Waals surface area contributed by atoms with Crippen molar-refractivity contribution in [1.82, 2.24) is 9.78 Å². The van der Waals surface area contributed by atoms with Crippen molar-refractivity contribution in [2.45, 2.75) is 19.8 Å². The third-order valence-electron chi connectivity index (χ3n) is 1.38. The second-order valence-corrected chi connectivity index (χ2v) is 2.34. The van der Waals surface area contributed by atoms with Crippen molar-refractivity contribution in [3.05, 3.63) is 18.0 Å². The highest BCUT2D eigenvalue weighted by molar-refractivity contribution is 5.73. The Hall–Kier alpha value is -1.32. The molecule has 4 nitrogen and oxygen atoms in total. The van der Waals surface area contributed by atoms with Gasteiger partial charge in [-0.2, -0.15) is 9.78 Å². The maximum absolute atomic E-state index is 10.5. The summed E-state index contributed by atoms with van der Waals surface area (Å²) < 4.78 is 1.14. The van der Waals surface area contributed by atoms with Crippen molar-refractivity contribution < 1.29 is 4.79 Å². The smallest absolute Gasteiger partial charge is 0.339 e. The molecule has 0 aromatic carbocycles. The number of amides is 1. The van der Waals surface area contributed by atoms with Gasteiger partial charge in [-0.1, -0.05) is 13.3 Å². The van der Waals surface area contributed by atoms with E-state index in [1.165, 1.54) is 0 Å². The number of primary amides is 1. The van der Waals surface area contributed by atoms with Crippen molar-refractivity contribution >= 4 is 6.03 Å². The predicted octanol–water partition coefficient (Wildman–Crippen LogP) is 0.762. The van der Waals surface area contributed by atoms with Crippen LogP contribution in [0.4, 0.5) is 4.79 Å². The molecule has 0 bridgehead atoms. The first-order valence-corrected chi connectivity index (χ1v) is 3.58. The highest BCUT2D eigenvalue weighted by Gasteiger charge is 2.00. The van der Waals surface area contributed by atoms with Gasteiger partial charge < -0.3 is 5.73 Å². The van der Waals surface area contributed by atoms with Crippen LogP contribution >= 0.6 is 0 Å². The Morgan fingerprint density at radius 3 is 3.00 bits per heavy atom. The average Bonchev–Trinajstić information content (AvgIpc) is 2.37. The Bertz CT molecular complexity index is 254. The highest BCUT2D eigenvalue weighted by atomic mass is 16.2. The van der Waals surface area contributed by atoms with E-state index in [9.17, 15) is 4.79 Å². The van der Waals surface area contributed by atoms with Crippen LogP contribution in [-0.2, 0) is 6.42 Å². The van der Waals surface area contributed by atoms with Crippen molar-refractivity contribution in [3.8, 4) is 0 Å². The predicted molar refractivity (Wildman–Crippen MR) is 41.2 cm³/mol. The first-order chi connectivity index (χ1) is 5.24. The van der Waals surface area contributed by atoms with Gasteiger partial charge in [0.25, 0.3) is 0 Å². The first-order valence-electron chi connectivity index (χ1n) is 3.58. The number of aryl methyl sites for hydroxylation is 1.